The zero-order valence-corrected chi connectivity index (χ0v) is 16.6. The lowest BCUT2D eigenvalue weighted by Gasteiger charge is -2.13. The molecule has 3 aromatic carbocycles. The molecule has 0 saturated carbocycles. The third-order valence-corrected chi connectivity index (χ3v) is 4.39. The van der Waals surface area contributed by atoms with Crippen LogP contribution in [0.4, 0.5) is 5.69 Å². The molecule has 0 unspecified atom stereocenters. The minimum atomic E-state index is -0.181. The van der Waals surface area contributed by atoms with Crippen molar-refractivity contribution in [1.82, 2.24) is 0 Å². The molecular formula is C23H22ClNO3. The molecule has 3 aromatic rings. The zero-order valence-electron chi connectivity index (χ0n) is 15.9. The molecule has 0 spiro atoms. The molecule has 0 aliphatic heterocycles. The molecule has 1 N–H and O–H groups in total. The van der Waals surface area contributed by atoms with Gasteiger partial charge in [-0.1, -0.05) is 29.3 Å². The fraction of sp³-hybridized carbons (Fsp3) is 0.174. The fourth-order valence-electron chi connectivity index (χ4n) is 2.66. The van der Waals surface area contributed by atoms with Crippen molar-refractivity contribution in [3.8, 4) is 11.5 Å². The van der Waals surface area contributed by atoms with Crippen molar-refractivity contribution in [2.45, 2.75) is 20.5 Å². The fourth-order valence-corrected chi connectivity index (χ4v) is 2.79. The lowest BCUT2D eigenvalue weighted by molar-refractivity contribution is 0.102. The van der Waals surface area contributed by atoms with Gasteiger partial charge in [-0.05, 0) is 68.4 Å². The number of carbonyl (C=O) groups excluding carboxylic acids is 1. The summed E-state index contributed by atoms with van der Waals surface area (Å²) in [5, 5.41) is 3.56. The minimum absolute atomic E-state index is 0.181. The summed E-state index contributed by atoms with van der Waals surface area (Å²) in [7, 11) is 0. The highest BCUT2D eigenvalue weighted by molar-refractivity contribution is 6.30. The predicted molar refractivity (Wildman–Crippen MR) is 113 cm³/mol. The number of hydrogen-bond acceptors (Lipinski definition) is 3. The first-order valence-corrected chi connectivity index (χ1v) is 9.45. The van der Waals surface area contributed by atoms with Crippen molar-refractivity contribution in [1.29, 1.82) is 0 Å². The maximum Gasteiger partial charge on any atom is 0.255 e. The number of hydrogen-bond donors (Lipinski definition) is 1. The van der Waals surface area contributed by atoms with E-state index >= 15 is 0 Å². The SMILES string of the molecule is CCOc1ccc(C(=O)Nc2ccc(C)cc2)cc1COc1ccc(Cl)cc1. The van der Waals surface area contributed by atoms with Gasteiger partial charge in [0.25, 0.3) is 5.91 Å². The van der Waals surface area contributed by atoms with E-state index < -0.39 is 0 Å². The second-order valence-electron chi connectivity index (χ2n) is 6.32. The molecule has 0 saturated heterocycles. The minimum Gasteiger partial charge on any atom is -0.493 e. The number of nitrogens with one attached hydrogen (secondary N) is 1. The van der Waals surface area contributed by atoms with Crippen LogP contribution in [0.5, 0.6) is 11.5 Å². The molecule has 4 nitrogen and oxygen atoms in total. The van der Waals surface area contributed by atoms with Crippen LogP contribution in [-0.4, -0.2) is 12.5 Å². The molecule has 0 aliphatic carbocycles. The van der Waals surface area contributed by atoms with Gasteiger partial charge in [-0.2, -0.15) is 0 Å². The average molecular weight is 396 g/mol. The van der Waals surface area contributed by atoms with Gasteiger partial charge >= 0.3 is 0 Å². The van der Waals surface area contributed by atoms with Gasteiger partial charge in [-0.25, -0.2) is 0 Å². The topological polar surface area (TPSA) is 47.6 Å². The number of halogens is 1. The number of carbonyl (C=O) groups is 1. The second-order valence-corrected chi connectivity index (χ2v) is 6.75. The standard InChI is InChI=1S/C23H22ClNO3/c1-3-27-22-13-6-17(23(26)25-20-9-4-16(2)5-10-20)14-18(22)15-28-21-11-7-19(24)8-12-21/h4-14H,3,15H2,1-2H3,(H,25,26). The van der Waals surface area contributed by atoms with E-state index in [-0.39, 0.29) is 12.5 Å². The molecule has 1 amide bonds. The Kier molecular flexibility index (Phi) is 6.56. The van der Waals surface area contributed by atoms with E-state index in [0.29, 0.717) is 28.7 Å². The molecule has 0 aliphatic rings. The van der Waals surface area contributed by atoms with Crippen LogP contribution in [0.15, 0.2) is 66.7 Å². The average Bonchev–Trinajstić information content (AvgIpc) is 2.70. The second kappa shape index (κ2) is 9.29. The van der Waals surface area contributed by atoms with E-state index in [1.54, 1.807) is 42.5 Å². The van der Waals surface area contributed by atoms with Crippen LogP contribution in [0.1, 0.15) is 28.4 Å². The third kappa shape index (κ3) is 5.27. The smallest absolute Gasteiger partial charge is 0.255 e. The lowest BCUT2D eigenvalue weighted by Crippen LogP contribution is -2.13. The number of rotatable bonds is 7. The van der Waals surface area contributed by atoms with Gasteiger partial charge in [0.15, 0.2) is 0 Å². The highest BCUT2D eigenvalue weighted by Crippen LogP contribution is 2.24. The van der Waals surface area contributed by atoms with Crippen molar-refractivity contribution < 1.29 is 14.3 Å². The van der Waals surface area contributed by atoms with E-state index in [4.69, 9.17) is 21.1 Å². The molecule has 28 heavy (non-hydrogen) atoms. The van der Waals surface area contributed by atoms with Crippen LogP contribution < -0.4 is 14.8 Å². The van der Waals surface area contributed by atoms with Crippen molar-refractivity contribution in [2.75, 3.05) is 11.9 Å². The van der Waals surface area contributed by atoms with Gasteiger partial charge in [0, 0.05) is 21.8 Å². The third-order valence-electron chi connectivity index (χ3n) is 4.14. The first kappa shape index (κ1) is 19.8. The van der Waals surface area contributed by atoms with E-state index in [2.05, 4.69) is 5.32 Å². The van der Waals surface area contributed by atoms with Gasteiger partial charge in [0.1, 0.15) is 18.1 Å². The molecular weight excluding hydrogens is 374 g/mol. The zero-order chi connectivity index (χ0) is 19.9. The Bertz CT molecular complexity index is 937. The first-order valence-electron chi connectivity index (χ1n) is 9.07. The Hall–Kier alpha value is -2.98. The summed E-state index contributed by atoms with van der Waals surface area (Å²) < 4.78 is 11.5. The predicted octanol–water partition coefficient (Wildman–Crippen LogP) is 5.88. The molecule has 0 heterocycles. The summed E-state index contributed by atoms with van der Waals surface area (Å²) in [4.78, 5) is 12.6. The number of ether oxygens (including phenoxy) is 2. The molecule has 0 atom stereocenters. The Morgan fingerprint density at radius 2 is 1.68 bits per heavy atom. The highest BCUT2D eigenvalue weighted by atomic mass is 35.5. The van der Waals surface area contributed by atoms with Crippen LogP contribution in [0.25, 0.3) is 0 Å². The summed E-state index contributed by atoms with van der Waals surface area (Å²) in [5.74, 6) is 1.21. The van der Waals surface area contributed by atoms with E-state index in [0.717, 1.165) is 16.8 Å². The van der Waals surface area contributed by atoms with Crippen LogP contribution in [0.2, 0.25) is 5.02 Å². The molecule has 144 valence electrons. The van der Waals surface area contributed by atoms with Gasteiger partial charge in [0.2, 0.25) is 0 Å². The molecule has 0 aromatic heterocycles. The monoisotopic (exact) mass is 395 g/mol. The van der Waals surface area contributed by atoms with E-state index in [1.807, 2.05) is 38.1 Å². The van der Waals surface area contributed by atoms with E-state index in [9.17, 15) is 4.79 Å². The Morgan fingerprint density at radius 3 is 2.36 bits per heavy atom. The number of anilines is 1. The summed E-state index contributed by atoms with van der Waals surface area (Å²) in [6.45, 7) is 4.73. The Labute approximate surface area is 170 Å². The number of aryl methyl sites for hydroxylation is 1. The number of amides is 1. The van der Waals surface area contributed by atoms with Gasteiger partial charge < -0.3 is 14.8 Å². The largest absolute Gasteiger partial charge is 0.493 e. The molecule has 3 rings (SSSR count). The molecule has 5 heteroatoms. The summed E-state index contributed by atoms with van der Waals surface area (Å²) in [6.07, 6.45) is 0. The van der Waals surface area contributed by atoms with Crippen LogP contribution in [0, 0.1) is 6.92 Å². The van der Waals surface area contributed by atoms with Crippen LogP contribution in [0.3, 0.4) is 0 Å². The van der Waals surface area contributed by atoms with Crippen LogP contribution >= 0.6 is 11.6 Å². The van der Waals surface area contributed by atoms with Crippen LogP contribution in [-0.2, 0) is 6.61 Å². The lowest BCUT2D eigenvalue weighted by atomic mass is 10.1. The Morgan fingerprint density at radius 1 is 0.964 bits per heavy atom. The highest BCUT2D eigenvalue weighted by Gasteiger charge is 2.12. The molecule has 0 bridgehead atoms. The number of benzene rings is 3. The van der Waals surface area contributed by atoms with Gasteiger partial charge in [0.05, 0.1) is 6.61 Å². The van der Waals surface area contributed by atoms with Crippen molar-refractivity contribution >= 4 is 23.2 Å². The molecule has 0 radical (unpaired) electrons. The summed E-state index contributed by atoms with van der Waals surface area (Å²) in [6, 6.07) is 20.2. The van der Waals surface area contributed by atoms with Gasteiger partial charge in [-0.15, -0.1) is 0 Å². The van der Waals surface area contributed by atoms with Crippen molar-refractivity contribution in [2.24, 2.45) is 0 Å². The summed E-state index contributed by atoms with van der Waals surface area (Å²) >= 11 is 5.91. The van der Waals surface area contributed by atoms with Crippen molar-refractivity contribution in [3.05, 3.63) is 88.4 Å². The Balaban J connectivity index is 1.76. The first-order chi connectivity index (χ1) is 13.5. The van der Waals surface area contributed by atoms with E-state index in [1.165, 1.54) is 0 Å². The molecule has 0 fully saturated rings. The maximum atomic E-state index is 12.6. The van der Waals surface area contributed by atoms with Gasteiger partial charge in [-0.3, -0.25) is 4.79 Å². The summed E-state index contributed by atoms with van der Waals surface area (Å²) in [5.41, 5.74) is 3.23. The quantitative estimate of drug-likeness (QED) is 0.543. The van der Waals surface area contributed by atoms with Crippen molar-refractivity contribution in [3.63, 3.8) is 0 Å². The maximum absolute atomic E-state index is 12.6. The normalized spacial score (nSPS) is 10.4.